The Hall–Kier alpha value is -0.903. The molecule has 3 heteroatoms. The molecule has 2 rings (SSSR count). The van der Waals surface area contributed by atoms with Crippen molar-refractivity contribution < 1.29 is 9.53 Å². The van der Waals surface area contributed by atoms with E-state index in [1.165, 1.54) is 28.7 Å². The second-order valence-corrected chi connectivity index (χ2v) is 16.1. The van der Waals surface area contributed by atoms with Gasteiger partial charge >= 0.3 is 0 Å². The van der Waals surface area contributed by atoms with Gasteiger partial charge in [-0.2, -0.15) is 0 Å². The molecule has 0 aromatic carbocycles. The van der Waals surface area contributed by atoms with Crippen LogP contribution in [-0.2, 0) is 4.43 Å². The van der Waals surface area contributed by atoms with Gasteiger partial charge in [-0.25, -0.2) is 0 Å². The Morgan fingerprint density at radius 1 is 1.28 bits per heavy atom. The molecule has 2 nitrogen and oxygen atoms in total. The van der Waals surface area contributed by atoms with Crippen LogP contribution in [0.15, 0.2) is 46.6 Å². The van der Waals surface area contributed by atoms with Crippen LogP contribution in [0.3, 0.4) is 0 Å². The molecule has 0 fully saturated rings. The van der Waals surface area contributed by atoms with Gasteiger partial charge in [0.1, 0.15) is 0 Å². The van der Waals surface area contributed by atoms with Crippen LogP contribution in [0.25, 0.3) is 0 Å². The Kier molecular flexibility index (Phi) is 7.62. The zero-order valence-electron chi connectivity index (χ0n) is 20.4. The van der Waals surface area contributed by atoms with Crippen molar-refractivity contribution in [2.45, 2.75) is 111 Å². The lowest BCUT2D eigenvalue weighted by Crippen LogP contribution is -2.43. The van der Waals surface area contributed by atoms with Gasteiger partial charge in [-0.15, -0.1) is 0 Å². The molecule has 0 saturated heterocycles. The summed E-state index contributed by atoms with van der Waals surface area (Å²) < 4.78 is 6.64. The van der Waals surface area contributed by atoms with Crippen LogP contribution in [-0.4, -0.2) is 25.6 Å². The standard InChI is InChI=1S/C26H44O2Si/c1-19(13-16-24-20(2)17-22(27)18-26(24,6)7)21-11-10-12-23(15-14-21)28-29(8,9)25(3,4)5/h13-16,22-23,27H,10-12,17-18H2,1-9H3/b16-13+,21-19+. The van der Waals surface area contributed by atoms with Crippen LogP contribution < -0.4 is 0 Å². The summed E-state index contributed by atoms with van der Waals surface area (Å²) in [6, 6.07) is 0. The predicted octanol–water partition coefficient (Wildman–Crippen LogP) is 7.49. The molecule has 164 valence electrons. The van der Waals surface area contributed by atoms with E-state index >= 15 is 0 Å². The molecule has 2 aliphatic carbocycles. The molecule has 2 atom stereocenters. The Morgan fingerprint density at radius 3 is 2.52 bits per heavy atom. The molecule has 2 aliphatic rings. The SMILES string of the molecule is CC1=C(/C=C/C(C)=C2/C=CC(O[Si](C)(C)C(C)(C)C)CCC2)C(C)(C)CC(O)C1. The molecule has 1 N–H and O–H groups in total. The lowest BCUT2D eigenvalue weighted by Gasteiger charge is -2.38. The molecular formula is C26H44O2Si. The molecule has 2 unspecified atom stereocenters. The minimum Gasteiger partial charge on any atom is -0.411 e. The zero-order chi connectivity index (χ0) is 22.0. The molecule has 0 heterocycles. The van der Waals surface area contributed by atoms with E-state index < -0.39 is 8.32 Å². The van der Waals surface area contributed by atoms with Crippen molar-refractivity contribution in [3.63, 3.8) is 0 Å². The molecule has 0 bridgehead atoms. The van der Waals surface area contributed by atoms with E-state index in [-0.39, 0.29) is 22.7 Å². The maximum atomic E-state index is 10.1. The number of hydrogen-bond acceptors (Lipinski definition) is 2. The van der Waals surface area contributed by atoms with Gasteiger partial charge in [0.25, 0.3) is 0 Å². The fourth-order valence-electron chi connectivity index (χ4n) is 4.37. The maximum absolute atomic E-state index is 10.1. The highest BCUT2D eigenvalue weighted by atomic mass is 28.4. The Bertz CT molecular complexity index is 713. The molecule has 0 aromatic heterocycles. The summed E-state index contributed by atoms with van der Waals surface area (Å²) in [5, 5.41) is 10.4. The number of rotatable bonds is 4. The summed E-state index contributed by atoms with van der Waals surface area (Å²) in [6.45, 7) is 20.5. The molecule has 29 heavy (non-hydrogen) atoms. The second-order valence-electron chi connectivity index (χ2n) is 11.3. The Morgan fingerprint density at radius 2 is 1.93 bits per heavy atom. The summed E-state index contributed by atoms with van der Waals surface area (Å²) >= 11 is 0. The van der Waals surface area contributed by atoms with E-state index in [1.54, 1.807) is 0 Å². The van der Waals surface area contributed by atoms with Gasteiger partial charge < -0.3 is 9.53 Å². The average Bonchev–Trinajstić information content (AvgIpc) is 2.77. The topological polar surface area (TPSA) is 29.5 Å². The maximum Gasteiger partial charge on any atom is 0.192 e. The van der Waals surface area contributed by atoms with Gasteiger partial charge in [0, 0.05) is 0 Å². The quantitative estimate of drug-likeness (QED) is 0.481. The highest BCUT2D eigenvalue weighted by molar-refractivity contribution is 6.74. The second kappa shape index (κ2) is 9.07. The Balaban J connectivity index is 2.17. The first-order chi connectivity index (χ1) is 13.2. The molecule has 0 spiro atoms. The van der Waals surface area contributed by atoms with Crippen molar-refractivity contribution in [2.24, 2.45) is 5.41 Å². The zero-order valence-corrected chi connectivity index (χ0v) is 21.4. The molecular weight excluding hydrogens is 372 g/mol. The monoisotopic (exact) mass is 416 g/mol. The largest absolute Gasteiger partial charge is 0.411 e. The number of hydrogen-bond donors (Lipinski definition) is 1. The smallest absolute Gasteiger partial charge is 0.192 e. The van der Waals surface area contributed by atoms with Crippen LogP contribution in [0.4, 0.5) is 0 Å². The summed E-state index contributed by atoms with van der Waals surface area (Å²) in [4.78, 5) is 0. The van der Waals surface area contributed by atoms with Crippen molar-refractivity contribution in [1.82, 2.24) is 0 Å². The summed E-state index contributed by atoms with van der Waals surface area (Å²) in [6.07, 6.45) is 14.3. The van der Waals surface area contributed by atoms with E-state index in [0.29, 0.717) is 0 Å². The van der Waals surface area contributed by atoms with Crippen LogP contribution in [0.1, 0.15) is 80.6 Å². The van der Waals surface area contributed by atoms with Crippen LogP contribution in [0.5, 0.6) is 0 Å². The molecule has 0 radical (unpaired) electrons. The minimum atomic E-state index is -1.74. The highest BCUT2D eigenvalue weighted by Crippen LogP contribution is 2.41. The third-order valence-electron chi connectivity index (χ3n) is 7.18. The summed E-state index contributed by atoms with van der Waals surface area (Å²) in [5.41, 5.74) is 5.51. The first-order valence-electron chi connectivity index (χ1n) is 11.3. The molecule has 0 saturated carbocycles. The van der Waals surface area contributed by atoms with E-state index in [2.05, 4.69) is 85.9 Å². The van der Waals surface area contributed by atoms with E-state index in [9.17, 15) is 5.11 Å². The van der Waals surface area contributed by atoms with Gasteiger partial charge in [0.2, 0.25) is 0 Å². The molecule has 0 aromatic rings. The van der Waals surface area contributed by atoms with E-state index in [4.69, 9.17) is 4.43 Å². The van der Waals surface area contributed by atoms with Crippen molar-refractivity contribution in [3.05, 3.63) is 46.6 Å². The molecule has 0 aliphatic heterocycles. The van der Waals surface area contributed by atoms with Crippen LogP contribution in [0, 0.1) is 5.41 Å². The normalized spacial score (nSPS) is 28.1. The van der Waals surface area contributed by atoms with E-state index in [1.807, 2.05) is 0 Å². The third kappa shape index (κ3) is 6.29. The third-order valence-corrected chi connectivity index (χ3v) is 11.7. The van der Waals surface area contributed by atoms with Crippen LogP contribution >= 0.6 is 0 Å². The lowest BCUT2D eigenvalue weighted by atomic mass is 9.71. The summed E-state index contributed by atoms with van der Waals surface area (Å²) in [7, 11) is -1.74. The molecule has 0 amide bonds. The first kappa shape index (κ1) is 24.4. The van der Waals surface area contributed by atoms with Crippen molar-refractivity contribution in [2.75, 3.05) is 0 Å². The van der Waals surface area contributed by atoms with Gasteiger partial charge in [-0.1, -0.05) is 64.5 Å². The first-order valence-corrected chi connectivity index (χ1v) is 14.3. The van der Waals surface area contributed by atoms with Crippen LogP contribution in [0.2, 0.25) is 18.1 Å². The summed E-state index contributed by atoms with van der Waals surface area (Å²) in [5.74, 6) is 0. The van der Waals surface area contributed by atoms with Crippen molar-refractivity contribution >= 4 is 8.32 Å². The average molecular weight is 417 g/mol. The number of aliphatic hydroxyl groups excluding tert-OH is 1. The van der Waals surface area contributed by atoms with Gasteiger partial charge in [0.05, 0.1) is 12.2 Å². The number of allylic oxidation sites excluding steroid dienone is 6. The fraction of sp³-hybridized carbons (Fsp3) is 0.692. The predicted molar refractivity (Wildman–Crippen MR) is 129 cm³/mol. The fourth-order valence-corrected chi connectivity index (χ4v) is 5.68. The van der Waals surface area contributed by atoms with Gasteiger partial charge in [0.15, 0.2) is 8.32 Å². The van der Waals surface area contributed by atoms with Gasteiger partial charge in [-0.05, 0) is 86.2 Å². The highest BCUT2D eigenvalue weighted by Gasteiger charge is 2.38. The van der Waals surface area contributed by atoms with E-state index in [0.717, 1.165) is 25.7 Å². The van der Waals surface area contributed by atoms with Crippen molar-refractivity contribution in [1.29, 1.82) is 0 Å². The van der Waals surface area contributed by atoms with Gasteiger partial charge in [-0.3, -0.25) is 0 Å². The van der Waals surface area contributed by atoms with Crippen molar-refractivity contribution in [3.8, 4) is 0 Å². The number of aliphatic hydroxyl groups is 1. The minimum absolute atomic E-state index is 0.0323. The lowest BCUT2D eigenvalue weighted by molar-refractivity contribution is 0.116. The Labute approximate surface area is 181 Å².